The maximum absolute atomic E-state index is 11.7. The number of aliphatic hydroxyl groups is 1. The Bertz CT molecular complexity index is 987. The van der Waals surface area contributed by atoms with E-state index >= 15 is 0 Å². The minimum Gasteiger partial charge on any atom is -0.457 e. The Morgan fingerprint density at radius 2 is 2.04 bits per heavy atom. The molecule has 1 saturated carbocycles. The average Bonchev–Trinajstić information content (AvgIpc) is 3.11. The number of aromatic nitrogens is 3. The molecule has 8 heteroatoms. The molecule has 8 nitrogen and oxygen atoms in total. The van der Waals surface area contributed by atoms with Gasteiger partial charge >= 0.3 is 0 Å². The van der Waals surface area contributed by atoms with Gasteiger partial charge in [0.25, 0.3) is 5.91 Å². The standard InChI is InChI=1S/C20H23N5O3/c1-21-19(27)17-11-13(8-9-22-17)28-12-6-7-14-16(10-12)25-20(23-14)24-15-4-2-3-5-18(15)26/h6-11,15,18,26H,2-5H2,1H3,(H,21,27)(H2,23,24,25)/t15-,18-/m1/s1. The summed E-state index contributed by atoms with van der Waals surface area (Å²) in [5.41, 5.74) is 1.92. The van der Waals surface area contributed by atoms with Crippen molar-refractivity contribution in [2.24, 2.45) is 0 Å². The van der Waals surface area contributed by atoms with Gasteiger partial charge in [0.1, 0.15) is 17.2 Å². The molecule has 3 aromatic rings. The molecule has 0 aliphatic heterocycles. The summed E-state index contributed by atoms with van der Waals surface area (Å²) in [4.78, 5) is 23.5. The number of H-pyrrole nitrogens is 1. The highest BCUT2D eigenvalue weighted by Crippen LogP contribution is 2.27. The monoisotopic (exact) mass is 381 g/mol. The summed E-state index contributed by atoms with van der Waals surface area (Å²) in [6.45, 7) is 0. The molecule has 146 valence electrons. The first-order chi connectivity index (χ1) is 13.6. The first kappa shape index (κ1) is 18.2. The van der Waals surface area contributed by atoms with E-state index in [1.807, 2.05) is 18.2 Å². The van der Waals surface area contributed by atoms with Crippen LogP contribution in [0.5, 0.6) is 11.5 Å². The van der Waals surface area contributed by atoms with Crippen LogP contribution in [-0.2, 0) is 0 Å². The van der Waals surface area contributed by atoms with Gasteiger partial charge in [-0.15, -0.1) is 0 Å². The van der Waals surface area contributed by atoms with Crippen LogP contribution in [0.3, 0.4) is 0 Å². The highest BCUT2D eigenvalue weighted by atomic mass is 16.5. The summed E-state index contributed by atoms with van der Waals surface area (Å²) in [6, 6.07) is 8.84. The third-order valence-corrected chi connectivity index (χ3v) is 4.93. The molecule has 1 fully saturated rings. The van der Waals surface area contributed by atoms with E-state index in [9.17, 15) is 9.90 Å². The van der Waals surface area contributed by atoms with Gasteiger partial charge < -0.3 is 25.5 Å². The maximum atomic E-state index is 11.7. The number of benzene rings is 1. The zero-order valence-corrected chi connectivity index (χ0v) is 15.6. The Morgan fingerprint density at radius 3 is 2.86 bits per heavy atom. The summed E-state index contributed by atoms with van der Waals surface area (Å²) in [6.07, 6.45) is 5.12. The van der Waals surface area contributed by atoms with Crippen molar-refractivity contribution in [2.45, 2.75) is 37.8 Å². The molecular weight excluding hydrogens is 358 g/mol. The van der Waals surface area contributed by atoms with Gasteiger partial charge in [-0.2, -0.15) is 0 Å². The number of pyridine rings is 1. The molecule has 0 saturated heterocycles. The fourth-order valence-corrected chi connectivity index (χ4v) is 3.44. The SMILES string of the molecule is CNC(=O)c1cc(Oc2ccc3nc(N[C@@H]4CCCC[C@H]4O)[nH]c3c2)ccn1. The number of nitrogens with zero attached hydrogens (tertiary/aromatic N) is 2. The quantitative estimate of drug-likeness (QED) is 0.541. The number of anilines is 1. The molecular formula is C20H23N5O3. The van der Waals surface area contributed by atoms with E-state index in [0.717, 1.165) is 36.7 Å². The minimum absolute atomic E-state index is 0.0185. The number of rotatable bonds is 5. The van der Waals surface area contributed by atoms with E-state index in [2.05, 4.69) is 25.6 Å². The predicted octanol–water partition coefficient (Wildman–Crippen LogP) is 2.83. The molecule has 0 radical (unpaired) electrons. The van der Waals surface area contributed by atoms with Gasteiger partial charge in [-0.3, -0.25) is 9.78 Å². The number of fused-ring (bicyclic) bond motifs is 1. The summed E-state index contributed by atoms with van der Waals surface area (Å²) in [5.74, 6) is 1.52. The fourth-order valence-electron chi connectivity index (χ4n) is 3.44. The van der Waals surface area contributed by atoms with Crippen molar-refractivity contribution in [1.82, 2.24) is 20.3 Å². The van der Waals surface area contributed by atoms with Gasteiger partial charge in [-0.25, -0.2) is 4.98 Å². The van der Waals surface area contributed by atoms with Gasteiger partial charge in [0.05, 0.1) is 23.2 Å². The second-order valence-electron chi connectivity index (χ2n) is 6.92. The number of imidazole rings is 1. The first-order valence-electron chi connectivity index (χ1n) is 9.43. The molecule has 28 heavy (non-hydrogen) atoms. The van der Waals surface area contributed by atoms with Gasteiger partial charge in [-0.05, 0) is 31.0 Å². The van der Waals surface area contributed by atoms with Crippen molar-refractivity contribution < 1.29 is 14.6 Å². The van der Waals surface area contributed by atoms with Gasteiger partial charge in [0.2, 0.25) is 5.95 Å². The fraction of sp³-hybridized carbons (Fsp3) is 0.350. The summed E-state index contributed by atoms with van der Waals surface area (Å²) in [7, 11) is 1.56. The largest absolute Gasteiger partial charge is 0.457 e. The molecule has 0 spiro atoms. The number of hydrogen-bond donors (Lipinski definition) is 4. The normalized spacial score (nSPS) is 19.4. The van der Waals surface area contributed by atoms with E-state index in [4.69, 9.17) is 4.74 Å². The molecule has 2 aromatic heterocycles. The Kier molecular flexibility index (Phi) is 5.12. The molecule has 2 heterocycles. The zero-order chi connectivity index (χ0) is 19.5. The summed E-state index contributed by atoms with van der Waals surface area (Å²) in [5, 5.41) is 16.0. The lowest BCUT2D eigenvalue weighted by atomic mass is 9.93. The van der Waals surface area contributed by atoms with Crippen molar-refractivity contribution in [3.63, 3.8) is 0 Å². The third-order valence-electron chi connectivity index (χ3n) is 4.93. The lowest BCUT2D eigenvalue weighted by molar-refractivity contribution is 0.0957. The second kappa shape index (κ2) is 7.85. The smallest absolute Gasteiger partial charge is 0.269 e. The highest BCUT2D eigenvalue weighted by molar-refractivity contribution is 5.92. The van der Waals surface area contributed by atoms with Crippen molar-refractivity contribution in [3.8, 4) is 11.5 Å². The van der Waals surface area contributed by atoms with Crippen LogP contribution in [0.25, 0.3) is 11.0 Å². The highest BCUT2D eigenvalue weighted by Gasteiger charge is 2.23. The van der Waals surface area contributed by atoms with Crippen molar-refractivity contribution >= 4 is 22.9 Å². The Hall–Kier alpha value is -3.13. The molecule has 4 rings (SSSR count). The number of hydrogen-bond acceptors (Lipinski definition) is 6. The lowest BCUT2D eigenvalue weighted by Gasteiger charge is -2.28. The van der Waals surface area contributed by atoms with Crippen molar-refractivity contribution in [1.29, 1.82) is 0 Å². The van der Waals surface area contributed by atoms with Crippen LogP contribution < -0.4 is 15.4 Å². The minimum atomic E-state index is -0.345. The van der Waals surface area contributed by atoms with Crippen LogP contribution in [-0.4, -0.2) is 45.2 Å². The zero-order valence-electron chi connectivity index (χ0n) is 15.6. The lowest BCUT2D eigenvalue weighted by Crippen LogP contribution is -2.36. The number of ether oxygens (including phenoxy) is 1. The number of nitrogens with one attached hydrogen (secondary N) is 3. The van der Waals surface area contributed by atoms with E-state index in [1.165, 1.54) is 6.20 Å². The summed E-state index contributed by atoms with van der Waals surface area (Å²) < 4.78 is 5.87. The molecule has 1 aliphatic rings. The number of carbonyl (C=O) groups excluding carboxylic acids is 1. The van der Waals surface area contributed by atoms with Crippen molar-refractivity contribution in [2.75, 3.05) is 12.4 Å². The molecule has 2 atom stereocenters. The average molecular weight is 381 g/mol. The molecule has 0 bridgehead atoms. The van der Waals surface area contributed by atoms with Crippen LogP contribution in [0.4, 0.5) is 5.95 Å². The predicted molar refractivity (Wildman–Crippen MR) is 106 cm³/mol. The van der Waals surface area contributed by atoms with Crippen LogP contribution >= 0.6 is 0 Å². The Morgan fingerprint density at radius 1 is 1.21 bits per heavy atom. The van der Waals surface area contributed by atoms with Crippen LogP contribution in [0.15, 0.2) is 36.5 Å². The molecule has 4 N–H and O–H groups in total. The van der Waals surface area contributed by atoms with Gasteiger partial charge in [-0.1, -0.05) is 12.8 Å². The van der Waals surface area contributed by atoms with E-state index < -0.39 is 0 Å². The van der Waals surface area contributed by atoms with Crippen LogP contribution in [0, 0.1) is 0 Å². The maximum Gasteiger partial charge on any atom is 0.269 e. The Balaban J connectivity index is 1.51. The number of aliphatic hydroxyl groups excluding tert-OH is 1. The molecule has 0 unspecified atom stereocenters. The van der Waals surface area contributed by atoms with E-state index in [-0.39, 0.29) is 18.1 Å². The van der Waals surface area contributed by atoms with E-state index in [1.54, 1.807) is 19.2 Å². The number of amides is 1. The molecule has 1 amide bonds. The third kappa shape index (κ3) is 3.91. The number of aromatic amines is 1. The molecule has 1 aliphatic carbocycles. The van der Waals surface area contributed by atoms with Crippen LogP contribution in [0.1, 0.15) is 36.2 Å². The van der Waals surface area contributed by atoms with Gasteiger partial charge in [0, 0.05) is 25.4 Å². The first-order valence-corrected chi connectivity index (χ1v) is 9.43. The number of carbonyl (C=O) groups is 1. The molecule has 1 aromatic carbocycles. The topological polar surface area (TPSA) is 112 Å². The summed E-state index contributed by atoms with van der Waals surface area (Å²) >= 11 is 0. The Labute approximate surface area is 162 Å². The van der Waals surface area contributed by atoms with Gasteiger partial charge in [0.15, 0.2) is 0 Å². The van der Waals surface area contributed by atoms with E-state index in [0.29, 0.717) is 23.1 Å². The second-order valence-corrected chi connectivity index (χ2v) is 6.92. The van der Waals surface area contributed by atoms with Crippen LogP contribution in [0.2, 0.25) is 0 Å². The van der Waals surface area contributed by atoms with Crippen molar-refractivity contribution in [3.05, 3.63) is 42.2 Å².